The van der Waals surface area contributed by atoms with Crippen molar-refractivity contribution in [3.05, 3.63) is 34.1 Å². The fourth-order valence-corrected chi connectivity index (χ4v) is 1.96. The number of carbonyl (C=O) groups excluding carboxylic acids is 1. The van der Waals surface area contributed by atoms with E-state index >= 15 is 0 Å². The van der Waals surface area contributed by atoms with Crippen molar-refractivity contribution in [2.75, 3.05) is 6.61 Å². The van der Waals surface area contributed by atoms with E-state index in [2.05, 4.69) is 15.9 Å². The van der Waals surface area contributed by atoms with Crippen molar-refractivity contribution in [2.45, 2.75) is 19.4 Å². The summed E-state index contributed by atoms with van der Waals surface area (Å²) in [6, 6.07) is 3.70. The maximum Gasteiger partial charge on any atom is 0.307 e. The van der Waals surface area contributed by atoms with Crippen LogP contribution in [0.2, 0.25) is 0 Å². The van der Waals surface area contributed by atoms with Gasteiger partial charge in [0.25, 0.3) is 0 Å². The third kappa shape index (κ3) is 5.02. The van der Waals surface area contributed by atoms with Crippen molar-refractivity contribution < 1.29 is 13.9 Å². The summed E-state index contributed by atoms with van der Waals surface area (Å²) in [6.45, 7) is 2.06. The summed E-state index contributed by atoms with van der Waals surface area (Å²) in [7, 11) is 0. The molecule has 1 rings (SSSR count). The molecular weight excluding hydrogens is 312 g/mol. The van der Waals surface area contributed by atoms with E-state index in [9.17, 15) is 9.18 Å². The fraction of sp³-hybridized carbons (Fsp3) is 0.364. The molecule has 0 heterocycles. The highest BCUT2D eigenvalue weighted by molar-refractivity contribution is 9.10. The Hall–Kier alpha value is -0.650. The van der Waals surface area contributed by atoms with E-state index in [0.29, 0.717) is 16.6 Å². The molecule has 2 N–H and O–H groups in total. The number of nitrogens with two attached hydrogens (primary N) is 1. The maximum atomic E-state index is 12.8. The highest BCUT2D eigenvalue weighted by atomic mass is 79.9. The van der Waals surface area contributed by atoms with Gasteiger partial charge in [-0.2, -0.15) is 0 Å². The van der Waals surface area contributed by atoms with Gasteiger partial charge in [-0.3, -0.25) is 4.79 Å². The van der Waals surface area contributed by atoms with E-state index in [1.54, 1.807) is 13.0 Å². The predicted molar refractivity (Wildman–Crippen MR) is 69.5 cm³/mol. The lowest BCUT2D eigenvalue weighted by Gasteiger charge is -2.12. The number of benzene rings is 1. The van der Waals surface area contributed by atoms with Gasteiger partial charge in [-0.25, -0.2) is 4.39 Å². The number of hydrogen-bond donors (Lipinski definition) is 1. The number of esters is 1. The largest absolute Gasteiger partial charge is 0.466 e. The van der Waals surface area contributed by atoms with Crippen LogP contribution < -0.4 is 5.73 Å². The molecule has 0 amide bonds. The molecule has 17 heavy (non-hydrogen) atoms. The Labute approximate surface area is 114 Å². The van der Waals surface area contributed by atoms with E-state index in [0.717, 1.165) is 0 Å². The van der Waals surface area contributed by atoms with E-state index in [-0.39, 0.29) is 30.6 Å². The van der Waals surface area contributed by atoms with Crippen LogP contribution in [-0.2, 0) is 9.53 Å². The zero-order chi connectivity index (χ0) is 12.1. The van der Waals surface area contributed by atoms with Crippen LogP contribution in [0.4, 0.5) is 4.39 Å². The second kappa shape index (κ2) is 7.63. The minimum absolute atomic E-state index is 0. The predicted octanol–water partition coefficient (Wildman–Crippen LogP) is 2.96. The second-order valence-corrected chi connectivity index (χ2v) is 4.14. The monoisotopic (exact) mass is 325 g/mol. The zero-order valence-electron chi connectivity index (χ0n) is 9.28. The molecule has 0 saturated heterocycles. The van der Waals surface area contributed by atoms with Crippen LogP contribution in [0.1, 0.15) is 24.9 Å². The normalized spacial score (nSPS) is 11.5. The van der Waals surface area contributed by atoms with Gasteiger partial charge in [0.1, 0.15) is 5.82 Å². The molecule has 1 aromatic rings. The summed E-state index contributed by atoms with van der Waals surface area (Å²) in [5.41, 5.74) is 6.51. The van der Waals surface area contributed by atoms with Crippen molar-refractivity contribution in [1.29, 1.82) is 0 Å². The van der Waals surface area contributed by atoms with Crippen molar-refractivity contribution in [3.8, 4) is 0 Å². The third-order valence-corrected chi connectivity index (χ3v) is 2.74. The highest BCUT2D eigenvalue weighted by Crippen LogP contribution is 2.25. The van der Waals surface area contributed by atoms with Crippen LogP contribution in [0, 0.1) is 5.82 Å². The van der Waals surface area contributed by atoms with Crippen LogP contribution in [-0.4, -0.2) is 12.6 Å². The molecule has 0 saturated carbocycles. The van der Waals surface area contributed by atoms with Gasteiger partial charge in [0.05, 0.1) is 13.0 Å². The quantitative estimate of drug-likeness (QED) is 0.866. The number of ether oxygens (including phenoxy) is 1. The number of halogens is 3. The molecule has 0 fully saturated rings. The Balaban J connectivity index is 0.00000256. The van der Waals surface area contributed by atoms with Gasteiger partial charge in [-0.1, -0.05) is 22.0 Å². The smallest absolute Gasteiger partial charge is 0.307 e. The number of hydrogen-bond acceptors (Lipinski definition) is 3. The first kappa shape index (κ1) is 16.4. The molecule has 1 atom stereocenters. The Bertz CT molecular complexity index is 390. The van der Waals surface area contributed by atoms with Gasteiger partial charge in [0, 0.05) is 10.5 Å². The van der Waals surface area contributed by atoms with Crippen molar-refractivity contribution in [3.63, 3.8) is 0 Å². The minimum atomic E-state index is -0.492. The summed E-state index contributed by atoms with van der Waals surface area (Å²) in [5.74, 6) is -0.704. The molecule has 6 heteroatoms. The topological polar surface area (TPSA) is 52.3 Å². The van der Waals surface area contributed by atoms with Crippen LogP contribution in [0.3, 0.4) is 0 Å². The highest BCUT2D eigenvalue weighted by Gasteiger charge is 2.15. The molecule has 0 aromatic heterocycles. The zero-order valence-corrected chi connectivity index (χ0v) is 11.7. The summed E-state index contributed by atoms with van der Waals surface area (Å²) < 4.78 is 18.2. The second-order valence-electron chi connectivity index (χ2n) is 3.28. The molecule has 0 spiro atoms. The average molecular weight is 327 g/mol. The van der Waals surface area contributed by atoms with Gasteiger partial charge in [-0.05, 0) is 24.6 Å². The molecule has 0 aliphatic heterocycles. The van der Waals surface area contributed by atoms with Gasteiger partial charge < -0.3 is 10.5 Å². The Morgan fingerprint density at radius 3 is 2.76 bits per heavy atom. The van der Waals surface area contributed by atoms with E-state index < -0.39 is 6.04 Å². The van der Waals surface area contributed by atoms with Gasteiger partial charge in [0.2, 0.25) is 0 Å². The Kier molecular flexibility index (Phi) is 7.34. The first-order chi connectivity index (χ1) is 7.54. The third-order valence-electron chi connectivity index (χ3n) is 2.05. The lowest BCUT2D eigenvalue weighted by molar-refractivity contribution is -0.143. The molecular formula is C11H14BrClFNO2. The van der Waals surface area contributed by atoms with Crippen LogP contribution in [0.25, 0.3) is 0 Å². The fourth-order valence-electron chi connectivity index (χ4n) is 1.31. The lowest BCUT2D eigenvalue weighted by atomic mass is 10.1. The molecule has 0 radical (unpaired) electrons. The van der Waals surface area contributed by atoms with Crippen LogP contribution in [0.5, 0.6) is 0 Å². The first-order valence-corrected chi connectivity index (χ1v) is 5.70. The SMILES string of the molecule is CCOC(=O)C[C@H](N)c1ccc(F)cc1Br.Cl. The summed E-state index contributed by atoms with van der Waals surface area (Å²) in [6.07, 6.45) is 0.0814. The number of rotatable bonds is 4. The van der Waals surface area contributed by atoms with E-state index in [1.807, 2.05) is 0 Å². The average Bonchev–Trinajstić information content (AvgIpc) is 2.17. The lowest BCUT2D eigenvalue weighted by Crippen LogP contribution is -2.17. The molecule has 0 aliphatic rings. The number of carbonyl (C=O) groups is 1. The van der Waals surface area contributed by atoms with Crippen LogP contribution >= 0.6 is 28.3 Å². The molecule has 96 valence electrons. The standard InChI is InChI=1S/C11H13BrFNO2.ClH/c1-2-16-11(15)6-10(14)8-4-3-7(13)5-9(8)12;/h3-5,10H,2,6,14H2,1H3;1H/t10-;/m0./s1. The van der Waals surface area contributed by atoms with Crippen molar-refractivity contribution in [2.24, 2.45) is 5.73 Å². The maximum absolute atomic E-state index is 12.8. The van der Waals surface area contributed by atoms with Gasteiger partial charge in [-0.15, -0.1) is 12.4 Å². The molecule has 3 nitrogen and oxygen atoms in total. The first-order valence-electron chi connectivity index (χ1n) is 4.90. The molecule has 0 bridgehead atoms. The van der Waals surface area contributed by atoms with Crippen molar-refractivity contribution >= 4 is 34.3 Å². The van der Waals surface area contributed by atoms with Crippen molar-refractivity contribution in [1.82, 2.24) is 0 Å². The van der Waals surface area contributed by atoms with Gasteiger partial charge in [0.15, 0.2) is 0 Å². The molecule has 1 aromatic carbocycles. The van der Waals surface area contributed by atoms with E-state index in [1.165, 1.54) is 12.1 Å². The molecule has 0 unspecified atom stereocenters. The Morgan fingerprint density at radius 2 is 2.24 bits per heavy atom. The summed E-state index contributed by atoms with van der Waals surface area (Å²) in [4.78, 5) is 11.2. The summed E-state index contributed by atoms with van der Waals surface area (Å²) in [5, 5.41) is 0. The van der Waals surface area contributed by atoms with Crippen LogP contribution in [0.15, 0.2) is 22.7 Å². The van der Waals surface area contributed by atoms with Gasteiger partial charge >= 0.3 is 5.97 Å². The molecule has 0 aliphatic carbocycles. The summed E-state index contributed by atoms with van der Waals surface area (Å²) >= 11 is 3.20. The van der Waals surface area contributed by atoms with E-state index in [4.69, 9.17) is 10.5 Å². The minimum Gasteiger partial charge on any atom is -0.466 e. The Morgan fingerprint density at radius 1 is 1.59 bits per heavy atom.